The summed E-state index contributed by atoms with van der Waals surface area (Å²) in [6.07, 6.45) is 8.53. The summed E-state index contributed by atoms with van der Waals surface area (Å²) in [6, 6.07) is 5.07. The fourth-order valence-corrected chi connectivity index (χ4v) is 3.32. The van der Waals surface area contributed by atoms with Crippen molar-refractivity contribution in [3.63, 3.8) is 0 Å². The Hall–Kier alpha value is -0.970. The fourth-order valence-electron chi connectivity index (χ4n) is 3.32. The predicted molar refractivity (Wildman–Crippen MR) is 74.8 cm³/mol. The summed E-state index contributed by atoms with van der Waals surface area (Å²) in [7, 11) is 0. The summed E-state index contributed by atoms with van der Waals surface area (Å²) in [5.74, 6) is 0. The molecule has 1 aromatic rings. The lowest BCUT2D eigenvalue weighted by Crippen LogP contribution is -2.44. The molecule has 104 valence electrons. The van der Waals surface area contributed by atoms with Crippen LogP contribution in [0.3, 0.4) is 0 Å². The van der Waals surface area contributed by atoms with Gasteiger partial charge in [0.15, 0.2) is 0 Å². The second-order valence-electron chi connectivity index (χ2n) is 5.90. The van der Waals surface area contributed by atoms with Crippen molar-refractivity contribution in [2.75, 3.05) is 13.1 Å². The van der Waals surface area contributed by atoms with Gasteiger partial charge in [-0.15, -0.1) is 0 Å². The Labute approximate surface area is 114 Å². The summed E-state index contributed by atoms with van der Waals surface area (Å²) in [5.41, 5.74) is 0.302. The lowest BCUT2D eigenvalue weighted by Gasteiger charge is -2.37. The van der Waals surface area contributed by atoms with E-state index in [1.54, 1.807) is 12.4 Å². The van der Waals surface area contributed by atoms with E-state index in [4.69, 9.17) is 0 Å². The van der Waals surface area contributed by atoms with Crippen molar-refractivity contribution in [2.45, 2.75) is 49.8 Å². The highest BCUT2D eigenvalue weighted by atomic mass is 16.3. The van der Waals surface area contributed by atoms with Gasteiger partial charge in [-0.2, -0.15) is 0 Å². The Balaban J connectivity index is 1.56. The lowest BCUT2D eigenvalue weighted by molar-refractivity contribution is -0.00945. The van der Waals surface area contributed by atoms with Crippen molar-refractivity contribution in [2.24, 2.45) is 0 Å². The molecule has 19 heavy (non-hydrogen) atoms. The van der Waals surface area contributed by atoms with E-state index < -0.39 is 5.60 Å². The molecule has 2 aliphatic rings. The van der Waals surface area contributed by atoms with Crippen LogP contribution in [0.25, 0.3) is 0 Å². The first-order valence-electron chi connectivity index (χ1n) is 7.36. The second-order valence-corrected chi connectivity index (χ2v) is 5.90. The molecule has 0 spiro atoms. The standard InChI is InChI=1S/C15H23N3O/c19-15(12-2-1-8-16-10-12)6-3-13(4-7-15)18-14-5-9-17-11-14/h1-2,8,10,13-14,17-19H,3-7,9,11H2/t13?,14-,15?/m0/s1. The SMILES string of the molecule is OC1(c2cccnc2)CCC(N[C@H]2CCNC2)CC1. The molecule has 0 aromatic carbocycles. The average Bonchev–Trinajstić information content (AvgIpc) is 2.96. The third kappa shape index (κ3) is 2.96. The second kappa shape index (κ2) is 5.57. The molecular weight excluding hydrogens is 238 g/mol. The normalized spacial score (nSPS) is 35.4. The first-order valence-corrected chi connectivity index (χ1v) is 7.36. The molecule has 1 aliphatic heterocycles. The molecule has 1 aliphatic carbocycles. The van der Waals surface area contributed by atoms with Crippen molar-refractivity contribution < 1.29 is 5.11 Å². The number of hydrogen-bond acceptors (Lipinski definition) is 4. The van der Waals surface area contributed by atoms with Gasteiger partial charge >= 0.3 is 0 Å². The molecule has 1 aromatic heterocycles. The minimum atomic E-state index is -0.666. The van der Waals surface area contributed by atoms with Gasteiger partial charge < -0.3 is 15.7 Å². The first kappa shape index (κ1) is 13.0. The summed E-state index contributed by atoms with van der Waals surface area (Å²) in [6.45, 7) is 2.22. The minimum absolute atomic E-state index is 0.557. The number of nitrogens with one attached hydrogen (secondary N) is 2. The Morgan fingerprint density at radius 3 is 2.74 bits per heavy atom. The molecule has 4 nitrogen and oxygen atoms in total. The van der Waals surface area contributed by atoms with E-state index in [0.717, 1.165) is 44.3 Å². The van der Waals surface area contributed by atoms with Gasteiger partial charge in [0.25, 0.3) is 0 Å². The Morgan fingerprint density at radius 1 is 1.26 bits per heavy atom. The van der Waals surface area contributed by atoms with Crippen molar-refractivity contribution in [1.29, 1.82) is 0 Å². The third-order valence-electron chi connectivity index (χ3n) is 4.54. The van der Waals surface area contributed by atoms with E-state index in [1.165, 1.54) is 6.42 Å². The zero-order chi connectivity index (χ0) is 13.1. The molecule has 0 unspecified atom stereocenters. The maximum atomic E-state index is 10.7. The number of pyridine rings is 1. The van der Waals surface area contributed by atoms with Crippen LogP contribution in [0.5, 0.6) is 0 Å². The first-order chi connectivity index (χ1) is 9.26. The van der Waals surface area contributed by atoms with Crippen LogP contribution in [-0.2, 0) is 5.60 Å². The predicted octanol–water partition coefficient (Wildman–Crippen LogP) is 1.16. The van der Waals surface area contributed by atoms with E-state index >= 15 is 0 Å². The van der Waals surface area contributed by atoms with E-state index in [1.807, 2.05) is 12.1 Å². The van der Waals surface area contributed by atoms with Crippen LogP contribution in [-0.4, -0.2) is 35.3 Å². The van der Waals surface area contributed by atoms with Gasteiger partial charge in [0, 0.05) is 36.6 Å². The number of aliphatic hydroxyl groups is 1. The maximum Gasteiger partial charge on any atom is 0.0912 e. The van der Waals surface area contributed by atoms with Crippen LogP contribution >= 0.6 is 0 Å². The smallest absolute Gasteiger partial charge is 0.0912 e. The summed E-state index contributed by atoms with van der Waals surface area (Å²) in [4.78, 5) is 4.12. The average molecular weight is 261 g/mol. The van der Waals surface area contributed by atoms with Crippen LogP contribution in [0.1, 0.15) is 37.7 Å². The van der Waals surface area contributed by atoms with E-state index in [-0.39, 0.29) is 0 Å². The van der Waals surface area contributed by atoms with Gasteiger partial charge in [0.1, 0.15) is 0 Å². The molecule has 2 heterocycles. The van der Waals surface area contributed by atoms with Crippen LogP contribution in [0, 0.1) is 0 Å². The van der Waals surface area contributed by atoms with E-state index in [9.17, 15) is 5.11 Å². The largest absolute Gasteiger partial charge is 0.385 e. The van der Waals surface area contributed by atoms with Gasteiger partial charge in [-0.25, -0.2) is 0 Å². The van der Waals surface area contributed by atoms with Gasteiger partial charge in [-0.1, -0.05) is 6.07 Å². The molecule has 4 heteroatoms. The monoisotopic (exact) mass is 261 g/mol. The number of hydrogen-bond donors (Lipinski definition) is 3. The lowest BCUT2D eigenvalue weighted by atomic mass is 9.78. The molecule has 1 atom stereocenters. The molecule has 3 N–H and O–H groups in total. The molecule has 0 radical (unpaired) electrons. The quantitative estimate of drug-likeness (QED) is 0.764. The Morgan fingerprint density at radius 2 is 2.11 bits per heavy atom. The minimum Gasteiger partial charge on any atom is -0.385 e. The van der Waals surface area contributed by atoms with Crippen molar-refractivity contribution in [1.82, 2.24) is 15.6 Å². The summed E-state index contributed by atoms with van der Waals surface area (Å²) in [5, 5.41) is 17.8. The Kier molecular flexibility index (Phi) is 3.82. The van der Waals surface area contributed by atoms with Crippen LogP contribution in [0.15, 0.2) is 24.5 Å². The third-order valence-corrected chi connectivity index (χ3v) is 4.54. The van der Waals surface area contributed by atoms with Crippen molar-refractivity contribution >= 4 is 0 Å². The summed E-state index contributed by atoms with van der Waals surface area (Å²) >= 11 is 0. The zero-order valence-electron chi connectivity index (χ0n) is 11.3. The van der Waals surface area contributed by atoms with E-state index in [0.29, 0.717) is 12.1 Å². The molecular formula is C15H23N3O. The number of aromatic nitrogens is 1. The highest BCUT2D eigenvalue weighted by Gasteiger charge is 2.35. The Bertz CT molecular complexity index is 395. The molecule has 0 amide bonds. The molecule has 2 fully saturated rings. The fraction of sp³-hybridized carbons (Fsp3) is 0.667. The van der Waals surface area contributed by atoms with Gasteiger partial charge in [0.05, 0.1) is 5.60 Å². The van der Waals surface area contributed by atoms with Gasteiger partial charge in [0.2, 0.25) is 0 Å². The zero-order valence-corrected chi connectivity index (χ0v) is 11.3. The van der Waals surface area contributed by atoms with Gasteiger partial charge in [-0.3, -0.25) is 4.98 Å². The highest BCUT2D eigenvalue weighted by molar-refractivity contribution is 5.19. The van der Waals surface area contributed by atoms with Crippen LogP contribution in [0.2, 0.25) is 0 Å². The van der Waals surface area contributed by atoms with E-state index in [2.05, 4.69) is 15.6 Å². The molecule has 1 saturated carbocycles. The van der Waals surface area contributed by atoms with Crippen LogP contribution in [0.4, 0.5) is 0 Å². The highest BCUT2D eigenvalue weighted by Crippen LogP contribution is 2.36. The summed E-state index contributed by atoms with van der Waals surface area (Å²) < 4.78 is 0. The van der Waals surface area contributed by atoms with Gasteiger partial charge in [-0.05, 0) is 44.7 Å². The number of nitrogens with zero attached hydrogens (tertiary/aromatic N) is 1. The number of rotatable bonds is 3. The van der Waals surface area contributed by atoms with Crippen LogP contribution < -0.4 is 10.6 Å². The topological polar surface area (TPSA) is 57.2 Å². The van der Waals surface area contributed by atoms with Crippen molar-refractivity contribution in [3.8, 4) is 0 Å². The molecule has 3 rings (SSSR count). The maximum absolute atomic E-state index is 10.7. The molecule has 0 bridgehead atoms. The van der Waals surface area contributed by atoms with Crippen molar-refractivity contribution in [3.05, 3.63) is 30.1 Å². The molecule has 1 saturated heterocycles.